The maximum absolute atomic E-state index is 13.0. The molecule has 0 amide bonds. The van der Waals surface area contributed by atoms with Gasteiger partial charge in [0.1, 0.15) is 85.3 Å². The molecule has 1 aliphatic heterocycles. The standard InChI is InChI=1S/C19H25BF2O5.C13H15BF2O5.C13H14F2O3.C12H14O3.C8H8O4/c1-18(2)19(3,4)27-20(26-18)12-9-14(24-5)16(13(23)8-11-6-7-11)15(10-12)25-17(21)22;1-20-10-5-8(14(18)19)6-11(21-13(15)16)12(10)9(17)4-7-2-3-7;1-17-10-3-2-4-11(18-13(14)15)12(10)9(16)7-8-5-6-8;1-15-11-4-2-3-9(13)12(11)10(14)7-8-5-6-8;1-12-6-4-2-3-5(9)7(6)8(10)11/h9-11,17H,6-8H2,1-5H3;5-7,13,18-19H,2-4H2,1H3;2-4,8,13H,5-7H2,1H3;2-4,8,13H,5-7H2,1H3;2-4,9H,1H3,(H,10,11). The Morgan fingerprint density at radius 1 is 0.462 bits per heavy atom. The zero-order valence-electron chi connectivity index (χ0n) is 52.8. The molecule has 5 aromatic rings. The first kappa shape index (κ1) is 73.8. The molecular weight excluding hydrogens is 1240 g/mol. The number of hydrogen-bond donors (Lipinski definition) is 5. The predicted octanol–water partition coefficient (Wildman–Crippen LogP) is 11.3. The van der Waals surface area contributed by atoms with Crippen LogP contribution in [0.3, 0.4) is 0 Å². The van der Waals surface area contributed by atoms with E-state index in [-0.39, 0.29) is 109 Å². The maximum Gasteiger partial charge on any atom is 0.495 e. The zero-order chi connectivity index (χ0) is 68.6. The third-order valence-corrected chi connectivity index (χ3v) is 15.8. The van der Waals surface area contributed by atoms with Gasteiger partial charge in [0.15, 0.2) is 23.1 Å². The molecule has 28 heteroatoms. The zero-order valence-corrected chi connectivity index (χ0v) is 52.8. The summed E-state index contributed by atoms with van der Waals surface area (Å²) in [5, 5.41) is 45.7. The van der Waals surface area contributed by atoms with Crippen LogP contribution in [0.5, 0.6) is 57.5 Å². The first-order valence-corrected chi connectivity index (χ1v) is 29.7. The fourth-order valence-corrected chi connectivity index (χ4v) is 9.50. The number of methoxy groups -OCH3 is 5. The number of aromatic hydroxyl groups is 2. The van der Waals surface area contributed by atoms with E-state index in [2.05, 4.69) is 14.2 Å². The van der Waals surface area contributed by atoms with Gasteiger partial charge < -0.3 is 72.6 Å². The molecular formula is C65H76B2F6O20. The molecule has 4 aliphatic carbocycles. The van der Waals surface area contributed by atoms with Crippen molar-refractivity contribution < 1.29 is 123 Å². The molecule has 0 radical (unpaired) electrons. The number of benzene rings is 5. The molecule has 504 valence electrons. The second-order valence-electron chi connectivity index (χ2n) is 23.4. The monoisotopic (exact) mass is 1310 g/mol. The summed E-state index contributed by atoms with van der Waals surface area (Å²) in [6.45, 7) is -1.56. The summed E-state index contributed by atoms with van der Waals surface area (Å²) in [6, 6.07) is 18.8. The lowest BCUT2D eigenvalue weighted by molar-refractivity contribution is -0.0509. The first-order chi connectivity index (χ1) is 44.0. The lowest BCUT2D eigenvalue weighted by atomic mass is 9.78. The summed E-state index contributed by atoms with van der Waals surface area (Å²) in [5.41, 5.74) is -0.614. The van der Waals surface area contributed by atoms with Crippen molar-refractivity contribution in [1.29, 1.82) is 0 Å². The Labute approximate surface area is 534 Å². The Morgan fingerprint density at radius 2 is 0.753 bits per heavy atom. The summed E-state index contributed by atoms with van der Waals surface area (Å²) in [7, 11) is 4.24. The van der Waals surface area contributed by atoms with Crippen LogP contribution in [-0.4, -0.2) is 135 Å². The number of carbonyl (C=O) groups excluding carboxylic acids is 4. The van der Waals surface area contributed by atoms with Crippen LogP contribution >= 0.6 is 0 Å². The average Bonchev–Trinajstić information content (AvgIpc) is 1.82. The van der Waals surface area contributed by atoms with Gasteiger partial charge in [-0.2, -0.15) is 26.3 Å². The lowest BCUT2D eigenvalue weighted by Gasteiger charge is -2.32. The number of ether oxygens (including phenoxy) is 8. The molecule has 0 spiro atoms. The first-order valence-electron chi connectivity index (χ1n) is 29.7. The van der Waals surface area contributed by atoms with Crippen molar-refractivity contribution >= 4 is 54.3 Å². The second kappa shape index (κ2) is 33.1. The van der Waals surface area contributed by atoms with Gasteiger partial charge in [-0.05, 0) is 174 Å². The molecule has 93 heavy (non-hydrogen) atoms. The number of rotatable bonds is 26. The molecule has 0 atom stereocenters. The van der Waals surface area contributed by atoms with E-state index in [1.807, 2.05) is 27.7 Å². The molecule has 4 saturated carbocycles. The molecule has 5 fully saturated rings. The van der Waals surface area contributed by atoms with Crippen LogP contribution in [0.15, 0.2) is 78.9 Å². The van der Waals surface area contributed by atoms with E-state index in [1.54, 1.807) is 24.3 Å². The van der Waals surface area contributed by atoms with Gasteiger partial charge in [0, 0.05) is 25.7 Å². The van der Waals surface area contributed by atoms with Gasteiger partial charge in [-0.1, -0.05) is 18.2 Å². The van der Waals surface area contributed by atoms with E-state index >= 15 is 0 Å². The van der Waals surface area contributed by atoms with Gasteiger partial charge in [0.05, 0.1) is 46.8 Å². The van der Waals surface area contributed by atoms with Crippen LogP contribution in [0, 0.1) is 23.7 Å². The van der Waals surface area contributed by atoms with Gasteiger partial charge in [-0.15, -0.1) is 0 Å². The number of phenolic OH excluding ortho intramolecular Hbond substituents is 1. The maximum atomic E-state index is 13.0. The molecule has 10 rings (SSSR count). The number of halogens is 6. The molecule has 5 aliphatic rings. The number of carboxylic acid groups (broad SMARTS) is 1. The highest BCUT2D eigenvalue weighted by Crippen LogP contribution is 2.43. The molecule has 1 saturated heterocycles. The van der Waals surface area contributed by atoms with E-state index in [0.29, 0.717) is 53.8 Å². The predicted molar refractivity (Wildman–Crippen MR) is 327 cm³/mol. The Balaban J connectivity index is 0.000000189. The fraction of sp³-hybridized carbons (Fsp3) is 0.462. The summed E-state index contributed by atoms with van der Waals surface area (Å²) in [6.07, 6.45) is 9.53. The molecule has 5 N–H and O–H groups in total. The van der Waals surface area contributed by atoms with Crippen molar-refractivity contribution in [3.05, 3.63) is 107 Å². The van der Waals surface area contributed by atoms with E-state index in [4.69, 9.17) is 53.3 Å². The van der Waals surface area contributed by atoms with Gasteiger partial charge in [0.2, 0.25) is 0 Å². The van der Waals surface area contributed by atoms with Crippen LogP contribution < -0.4 is 48.8 Å². The van der Waals surface area contributed by atoms with Crippen LogP contribution in [0.25, 0.3) is 0 Å². The van der Waals surface area contributed by atoms with Crippen molar-refractivity contribution in [3.8, 4) is 57.5 Å². The molecule has 0 aromatic heterocycles. The molecule has 0 unspecified atom stereocenters. The largest absolute Gasteiger partial charge is 0.507 e. The Morgan fingerprint density at radius 3 is 1.11 bits per heavy atom. The highest BCUT2D eigenvalue weighted by atomic mass is 19.3. The molecule has 1 heterocycles. The number of phenols is 2. The molecule has 20 nitrogen and oxygen atoms in total. The van der Waals surface area contributed by atoms with Crippen LogP contribution in [0.2, 0.25) is 0 Å². The number of hydrogen-bond acceptors (Lipinski definition) is 19. The summed E-state index contributed by atoms with van der Waals surface area (Å²) in [5.74, 6) is -0.516. The molecule has 0 bridgehead atoms. The van der Waals surface area contributed by atoms with Crippen LogP contribution in [-0.2, 0) is 9.31 Å². The van der Waals surface area contributed by atoms with Gasteiger partial charge >= 0.3 is 40.0 Å². The van der Waals surface area contributed by atoms with Crippen LogP contribution in [0.1, 0.15) is 157 Å². The Hall–Kier alpha value is -8.20. The summed E-state index contributed by atoms with van der Waals surface area (Å²) in [4.78, 5) is 59.4. The van der Waals surface area contributed by atoms with Crippen LogP contribution in [0.4, 0.5) is 26.3 Å². The van der Waals surface area contributed by atoms with E-state index in [1.165, 1.54) is 84.1 Å². The van der Waals surface area contributed by atoms with Gasteiger partial charge in [-0.25, -0.2) is 4.79 Å². The number of ketones is 4. The molecule has 5 aromatic carbocycles. The number of carboxylic acids is 1. The Kier molecular flexibility index (Phi) is 26.3. The smallest absolute Gasteiger partial charge is 0.495 e. The highest BCUT2D eigenvalue weighted by molar-refractivity contribution is 6.62. The number of aromatic carboxylic acids is 1. The number of alkyl halides is 6. The van der Waals surface area contributed by atoms with Crippen molar-refractivity contribution in [2.24, 2.45) is 23.7 Å². The summed E-state index contributed by atoms with van der Waals surface area (Å²) >= 11 is 0. The minimum atomic E-state index is -3.13. The fourth-order valence-electron chi connectivity index (χ4n) is 9.50. The summed E-state index contributed by atoms with van der Waals surface area (Å²) < 4.78 is 126. The number of carbonyl (C=O) groups is 5. The van der Waals surface area contributed by atoms with Crippen molar-refractivity contribution in [1.82, 2.24) is 0 Å². The van der Waals surface area contributed by atoms with E-state index in [9.17, 15) is 55.4 Å². The minimum absolute atomic E-state index is 0.0121. The van der Waals surface area contributed by atoms with Gasteiger partial charge in [0.25, 0.3) is 0 Å². The quantitative estimate of drug-likeness (QED) is 0.0195. The van der Waals surface area contributed by atoms with Crippen molar-refractivity contribution in [2.45, 2.75) is 136 Å². The number of Topliss-reactive ketones (excluding diaryl/α,β-unsaturated/α-hetero) is 4. The third kappa shape index (κ3) is 21.2. The topological polar surface area (TPSA) is 279 Å². The Bertz CT molecular complexity index is 3390. The SMILES string of the molecule is COc1cc(B(O)O)cc(OC(F)F)c1C(=O)CC1CC1.COc1cc(B2OC(C)(C)C(C)(C)O2)cc(OC(F)F)c1C(=O)CC1CC1.COc1cccc(O)c1C(=O)CC1CC1.COc1cccc(O)c1C(=O)O.COc1cccc(OC(F)F)c1C(=O)CC1CC1. The normalized spacial score (nSPS) is 15.7. The highest BCUT2D eigenvalue weighted by Gasteiger charge is 2.52. The van der Waals surface area contributed by atoms with E-state index < -0.39 is 57.0 Å². The third-order valence-electron chi connectivity index (χ3n) is 15.8. The minimum Gasteiger partial charge on any atom is -0.507 e. The van der Waals surface area contributed by atoms with Gasteiger partial charge in [-0.3, -0.25) is 19.2 Å². The lowest BCUT2D eigenvalue weighted by Crippen LogP contribution is -2.41. The second-order valence-corrected chi connectivity index (χ2v) is 23.4. The van der Waals surface area contributed by atoms with E-state index in [0.717, 1.165) is 57.4 Å². The van der Waals surface area contributed by atoms with Crippen molar-refractivity contribution in [3.63, 3.8) is 0 Å². The average molecular weight is 1310 g/mol. The van der Waals surface area contributed by atoms with Crippen molar-refractivity contribution in [2.75, 3.05) is 35.5 Å².